The first-order valence-electron chi connectivity index (χ1n) is 5.98. The van der Waals surface area contributed by atoms with Gasteiger partial charge in [-0.25, -0.2) is 13.1 Å². The number of thiophene rings is 1. The molecule has 1 atom stereocenters. The summed E-state index contributed by atoms with van der Waals surface area (Å²) in [5, 5.41) is 2.13. The third-order valence-electron chi connectivity index (χ3n) is 2.69. The van der Waals surface area contributed by atoms with Gasteiger partial charge in [-0.15, -0.1) is 11.3 Å². The van der Waals surface area contributed by atoms with Crippen molar-refractivity contribution in [1.29, 1.82) is 0 Å². The lowest BCUT2D eigenvalue weighted by Crippen LogP contribution is -2.34. The Labute approximate surface area is 127 Å². The minimum Gasteiger partial charge on any atom is -0.399 e. The average molecular weight is 331 g/mol. The van der Waals surface area contributed by atoms with Crippen LogP contribution in [-0.2, 0) is 16.4 Å². The summed E-state index contributed by atoms with van der Waals surface area (Å²) in [6.45, 7) is 1.82. The van der Waals surface area contributed by atoms with Gasteiger partial charge in [0.1, 0.15) is 4.90 Å². The van der Waals surface area contributed by atoms with E-state index < -0.39 is 10.0 Å². The van der Waals surface area contributed by atoms with Crippen molar-refractivity contribution in [2.45, 2.75) is 24.3 Å². The number of nitrogens with two attached hydrogens (primary N) is 1. The SMILES string of the molecule is CC(Cc1cccs1)NS(=O)(=O)c1cc(N)ccc1Cl. The van der Waals surface area contributed by atoms with Gasteiger partial charge in [0.2, 0.25) is 10.0 Å². The molecule has 0 aliphatic carbocycles. The molecular weight excluding hydrogens is 316 g/mol. The zero-order valence-electron chi connectivity index (χ0n) is 10.8. The molecule has 0 amide bonds. The molecule has 1 aromatic heterocycles. The Kier molecular flexibility index (Phi) is 4.70. The number of nitrogens with one attached hydrogen (secondary N) is 1. The second kappa shape index (κ2) is 6.13. The summed E-state index contributed by atoms with van der Waals surface area (Å²) in [6, 6.07) is 8.10. The summed E-state index contributed by atoms with van der Waals surface area (Å²) in [5.74, 6) is 0. The van der Waals surface area contributed by atoms with Gasteiger partial charge in [-0.1, -0.05) is 17.7 Å². The van der Waals surface area contributed by atoms with Crippen molar-refractivity contribution in [3.8, 4) is 0 Å². The molecule has 0 saturated carbocycles. The van der Waals surface area contributed by atoms with Crippen LogP contribution in [0, 0.1) is 0 Å². The number of anilines is 1. The van der Waals surface area contributed by atoms with Gasteiger partial charge in [0.25, 0.3) is 0 Å². The molecule has 0 saturated heterocycles. The molecular formula is C13H15ClN2O2S2. The number of sulfonamides is 1. The number of halogens is 1. The third-order valence-corrected chi connectivity index (χ3v) is 5.66. The third kappa shape index (κ3) is 3.73. The Balaban J connectivity index is 2.16. The predicted octanol–water partition coefficient (Wildman–Crippen LogP) is 2.89. The highest BCUT2D eigenvalue weighted by molar-refractivity contribution is 7.89. The number of hydrogen-bond acceptors (Lipinski definition) is 4. The van der Waals surface area contributed by atoms with Gasteiger partial charge in [-0.2, -0.15) is 0 Å². The van der Waals surface area contributed by atoms with E-state index in [-0.39, 0.29) is 16.0 Å². The maximum absolute atomic E-state index is 12.3. The zero-order valence-corrected chi connectivity index (χ0v) is 13.2. The molecule has 3 N–H and O–H groups in total. The highest BCUT2D eigenvalue weighted by Crippen LogP contribution is 2.24. The van der Waals surface area contributed by atoms with Gasteiger partial charge in [0.15, 0.2) is 0 Å². The van der Waals surface area contributed by atoms with Crippen molar-refractivity contribution in [3.63, 3.8) is 0 Å². The molecule has 0 bridgehead atoms. The van der Waals surface area contributed by atoms with Crippen LogP contribution in [0.2, 0.25) is 5.02 Å². The Morgan fingerprint density at radius 2 is 2.15 bits per heavy atom. The first-order chi connectivity index (χ1) is 9.38. The number of rotatable bonds is 5. The first kappa shape index (κ1) is 15.3. The average Bonchev–Trinajstić information content (AvgIpc) is 2.84. The quantitative estimate of drug-likeness (QED) is 0.828. The smallest absolute Gasteiger partial charge is 0.242 e. The van der Waals surface area contributed by atoms with Crippen LogP contribution >= 0.6 is 22.9 Å². The Bertz CT molecular complexity index is 684. The molecule has 2 rings (SSSR count). The molecule has 1 unspecified atom stereocenters. The summed E-state index contributed by atoms with van der Waals surface area (Å²) < 4.78 is 27.2. The maximum Gasteiger partial charge on any atom is 0.242 e. The van der Waals surface area contributed by atoms with E-state index in [1.807, 2.05) is 24.4 Å². The summed E-state index contributed by atoms with van der Waals surface area (Å²) in [5.41, 5.74) is 5.98. The molecule has 0 aliphatic heterocycles. The van der Waals surface area contributed by atoms with Crippen LogP contribution in [0.25, 0.3) is 0 Å². The van der Waals surface area contributed by atoms with Crippen molar-refractivity contribution in [3.05, 3.63) is 45.6 Å². The van der Waals surface area contributed by atoms with Crippen LogP contribution in [0.5, 0.6) is 0 Å². The van der Waals surface area contributed by atoms with Gasteiger partial charge < -0.3 is 5.73 Å². The van der Waals surface area contributed by atoms with E-state index in [0.29, 0.717) is 12.1 Å². The van der Waals surface area contributed by atoms with E-state index in [1.165, 1.54) is 12.1 Å². The second-order valence-corrected chi connectivity index (χ2v) is 7.62. The molecule has 0 spiro atoms. The fourth-order valence-electron chi connectivity index (χ4n) is 1.83. The van der Waals surface area contributed by atoms with E-state index >= 15 is 0 Å². The maximum atomic E-state index is 12.3. The van der Waals surface area contributed by atoms with Gasteiger partial charge in [-0.05, 0) is 43.0 Å². The predicted molar refractivity (Wildman–Crippen MR) is 83.7 cm³/mol. The van der Waals surface area contributed by atoms with E-state index in [0.717, 1.165) is 4.88 Å². The molecule has 7 heteroatoms. The molecule has 108 valence electrons. The van der Waals surface area contributed by atoms with Crippen molar-refractivity contribution in [1.82, 2.24) is 4.72 Å². The number of hydrogen-bond donors (Lipinski definition) is 2. The lowest BCUT2D eigenvalue weighted by Gasteiger charge is -2.14. The van der Waals surface area contributed by atoms with Crippen molar-refractivity contribution < 1.29 is 8.42 Å². The molecule has 1 aromatic carbocycles. The standard InChI is InChI=1S/C13H15ClN2O2S2/c1-9(7-11-3-2-6-19-11)16-20(17,18)13-8-10(15)4-5-12(13)14/h2-6,8-9,16H,7,15H2,1H3. The van der Waals surface area contributed by atoms with Crippen LogP contribution in [0.4, 0.5) is 5.69 Å². The summed E-state index contributed by atoms with van der Waals surface area (Å²) in [7, 11) is -3.67. The van der Waals surface area contributed by atoms with Crippen LogP contribution in [0.3, 0.4) is 0 Å². The molecule has 0 aliphatic rings. The molecule has 4 nitrogen and oxygen atoms in total. The van der Waals surface area contributed by atoms with Crippen LogP contribution in [0.15, 0.2) is 40.6 Å². The fraction of sp³-hybridized carbons (Fsp3) is 0.231. The lowest BCUT2D eigenvalue weighted by molar-refractivity contribution is 0.561. The highest BCUT2D eigenvalue weighted by Gasteiger charge is 2.21. The summed E-state index contributed by atoms with van der Waals surface area (Å²) in [6.07, 6.45) is 0.636. The van der Waals surface area contributed by atoms with Crippen LogP contribution in [0.1, 0.15) is 11.8 Å². The van der Waals surface area contributed by atoms with Gasteiger partial charge >= 0.3 is 0 Å². The normalized spacial score (nSPS) is 13.3. The summed E-state index contributed by atoms with van der Waals surface area (Å²) in [4.78, 5) is 1.14. The second-order valence-electron chi connectivity index (χ2n) is 4.50. The minimum atomic E-state index is -3.67. The molecule has 1 heterocycles. The van der Waals surface area contributed by atoms with E-state index in [2.05, 4.69) is 4.72 Å². The Hall–Kier alpha value is -1.08. The van der Waals surface area contributed by atoms with Gasteiger partial charge in [0.05, 0.1) is 5.02 Å². The molecule has 20 heavy (non-hydrogen) atoms. The zero-order chi connectivity index (χ0) is 14.8. The van der Waals surface area contributed by atoms with Crippen LogP contribution in [-0.4, -0.2) is 14.5 Å². The van der Waals surface area contributed by atoms with Crippen molar-refractivity contribution in [2.75, 3.05) is 5.73 Å². The summed E-state index contributed by atoms with van der Waals surface area (Å²) >= 11 is 7.53. The minimum absolute atomic E-state index is 0.0113. The van der Waals surface area contributed by atoms with Gasteiger partial charge in [0, 0.05) is 16.6 Å². The largest absolute Gasteiger partial charge is 0.399 e. The van der Waals surface area contributed by atoms with Crippen molar-refractivity contribution in [2.24, 2.45) is 0 Å². The Morgan fingerprint density at radius 1 is 1.40 bits per heavy atom. The molecule has 0 fully saturated rings. The molecule has 2 aromatic rings. The highest BCUT2D eigenvalue weighted by atomic mass is 35.5. The Morgan fingerprint density at radius 3 is 2.80 bits per heavy atom. The molecule has 0 radical (unpaired) electrons. The number of nitrogen functional groups attached to an aromatic ring is 1. The van der Waals surface area contributed by atoms with E-state index in [1.54, 1.807) is 17.4 Å². The van der Waals surface area contributed by atoms with Crippen LogP contribution < -0.4 is 10.5 Å². The van der Waals surface area contributed by atoms with E-state index in [9.17, 15) is 8.42 Å². The lowest BCUT2D eigenvalue weighted by atomic mass is 10.2. The monoisotopic (exact) mass is 330 g/mol. The topological polar surface area (TPSA) is 72.2 Å². The van der Waals surface area contributed by atoms with Gasteiger partial charge in [-0.3, -0.25) is 0 Å². The van der Waals surface area contributed by atoms with Crippen molar-refractivity contribution >= 4 is 38.6 Å². The first-order valence-corrected chi connectivity index (χ1v) is 8.72. The fourth-order valence-corrected chi connectivity index (χ4v) is 4.44. The number of benzene rings is 1. The van der Waals surface area contributed by atoms with E-state index in [4.69, 9.17) is 17.3 Å².